The summed E-state index contributed by atoms with van der Waals surface area (Å²) >= 11 is 7.00. The number of rotatable bonds is 3. The third-order valence-corrected chi connectivity index (χ3v) is 4.02. The Morgan fingerprint density at radius 1 is 1.20 bits per heavy atom. The van der Waals surface area contributed by atoms with Crippen LogP contribution in [-0.2, 0) is 12.6 Å². The van der Waals surface area contributed by atoms with Crippen molar-refractivity contribution in [3.63, 3.8) is 0 Å². The molecule has 2 N–H and O–H groups in total. The molecule has 20 heavy (non-hydrogen) atoms. The van der Waals surface area contributed by atoms with Crippen molar-refractivity contribution >= 4 is 22.9 Å². The van der Waals surface area contributed by atoms with Crippen LogP contribution in [0.5, 0.6) is 0 Å². The van der Waals surface area contributed by atoms with Crippen LogP contribution in [0.15, 0.2) is 30.3 Å². The second-order valence-electron chi connectivity index (χ2n) is 4.25. The van der Waals surface area contributed by atoms with Gasteiger partial charge >= 0.3 is 6.18 Å². The summed E-state index contributed by atoms with van der Waals surface area (Å²) in [6.45, 7) is 0. The van der Waals surface area contributed by atoms with E-state index in [1.165, 1.54) is 11.3 Å². The Hall–Kier alpha value is -1.11. The van der Waals surface area contributed by atoms with E-state index in [2.05, 4.69) is 0 Å². The molecule has 0 saturated carbocycles. The van der Waals surface area contributed by atoms with Gasteiger partial charge in [0.25, 0.3) is 0 Å². The van der Waals surface area contributed by atoms with Gasteiger partial charge in [-0.25, -0.2) is 4.39 Å². The molecule has 0 fully saturated rings. The fourth-order valence-electron chi connectivity index (χ4n) is 1.89. The smallest absolute Gasteiger partial charge is 0.324 e. The maximum atomic E-state index is 13.2. The Morgan fingerprint density at radius 2 is 1.90 bits per heavy atom. The molecule has 2 rings (SSSR count). The van der Waals surface area contributed by atoms with Crippen LogP contribution in [0, 0.1) is 5.82 Å². The molecule has 1 aromatic carbocycles. The highest BCUT2D eigenvalue weighted by Gasteiger charge is 2.34. The number of benzene rings is 1. The van der Waals surface area contributed by atoms with Crippen molar-refractivity contribution in [2.75, 3.05) is 0 Å². The van der Waals surface area contributed by atoms with Crippen molar-refractivity contribution in [1.29, 1.82) is 0 Å². The molecule has 7 heteroatoms. The highest BCUT2D eigenvalue weighted by Crippen LogP contribution is 2.36. The zero-order chi connectivity index (χ0) is 14.9. The van der Waals surface area contributed by atoms with Gasteiger partial charge in [0.2, 0.25) is 0 Å². The Labute approximate surface area is 122 Å². The molecule has 0 bridgehead atoms. The third-order valence-electron chi connectivity index (χ3n) is 2.77. The maximum Gasteiger partial charge on any atom is 0.416 e. The van der Waals surface area contributed by atoms with E-state index in [4.69, 9.17) is 17.3 Å². The van der Waals surface area contributed by atoms with Crippen molar-refractivity contribution < 1.29 is 17.6 Å². The second kappa shape index (κ2) is 5.71. The van der Waals surface area contributed by atoms with Gasteiger partial charge in [-0.3, -0.25) is 0 Å². The van der Waals surface area contributed by atoms with Gasteiger partial charge in [0.15, 0.2) is 0 Å². The van der Waals surface area contributed by atoms with E-state index in [1.807, 2.05) is 0 Å². The summed E-state index contributed by atoms with van der Waals surface area (Å²) in [7, 11) is 0. The van der Waals surface area contributed by atoms with E-state index < -0.39 is 23.6 Å². The number of alkyl halides is 3. The zero-order valence-electron chi connectivity index (χ0n) is 10.0. The fourth-order valence-corrected chi connectivity index (χ4v) is 3.03. The molecule has 1 unspecified atom stereocenters. The Morgan fingerprint density at radius 3 is 2.45 bits per heavy atom. The van der Waals surface area contributed by atoms with E-state index in [0.29, 0.717) is 10.4 Å². The summed E-state index contributed by atoms with van der Waals surface area (Å²) < 4.78 is 52.4. The lowest BCUT2D eigenvalue weighted by atomic mass is 9.97. The number of hydrogen-bond acceptors (Lipinski definition) is 2. The van der Waals surface area contributed by atoms with Gasteiger partial charge in [-0.1, -0.05) is 11.6 Å². The van der Waals surface area contributed by atoms with E-state index >= 15 is 0 Å². The van der Waals surface area contributed by atoms with Crippen molar-refractivity contribution in [3.05, 3.63) is 56.5 Å². The van der Waals surface area contributed by atoms with Crippen LogP contribution in [0.1, 0.15) is 22.0 Å². The lowest BCUT2D eigenvalue weighted by Crippen LogP contribution is -2.19. The molecule has 108 valence electrons. The minimum atomic E-state index is -4.56. The molecule has 1 nitrogen and oxygen atoms in total. The van der Waals surface area contributed by atoms with Gasteiger partial charge in [0, 0.05) is 17.3 Å². The van der Waals surface area contributed by atoms with Crippen molar-refractivity contribution in [1.82, 2.24) is 0 Å². The number of nitrogens with two attached hydrogens (primary N) is 1. The summed E-state index contributed by atoms with van der Waals surface area (Å²) in [6, 6.07) is 4.72. The van der Waals surface area contributed by atoms with Crippen LogP contribution in [0.4, 0.5) is 17.6 Å². The summed E-state index contributed by atoms with van der Waals surface area (Å²) in [5.41, 5.74) is 4.64. The van der Waals surface area contributed by atoms with Gasteiger partial charge in [-0.15, -0.1) is 11.3 Å². The Kier molecular flexibility index (Phi) is 4.36. The predicted molar refractivity (Wildman–Crippen MR) is 71.4 cm³/mol. The van der Waals surface area contributed by atoms with Gasteiger partial charge in [0.05, 0.1) is 9.90 Å². The van der Waals surface area contributed by atoms with Crippen LogP contribution in [0.2, 0.25) is 4.34 Å². The summed E-state index contributed by atoms with van der Waals surface area (Å²) in [5.74, 6) is -0.743. The first kappa shape index (κ1) is 15.3. The first-order valence-electron chi connectivity index (χ1n) is 5.64. The summed E-state index contributed by atoms with van der Waals surface area (Å²) in [6.07, 6.45) is -4.39. The second-order valence-corrected chi connectivity index (χ2v) is 6.05. The molecule has 0 aliphatic carbocycles. The van der Waals surface area contributed by atoms with Crippen LogP contribution in [0.3, 0.4) is 0 Å². The summed E-state index contributed by atoms with van der Waals surface area (Å²) in [4.78, 5) is 0.750. The van der Waals surface area contributed by atoms with Crippen LogP contribution in [-0.4, -0.2) is 0 Å². The SMILES string of the molecule is NC(Cc1ccc(Cl)s1)c1cc(F)ccc1C(F)(F)F. The van der Waals surface area contributed by atoms with Crippen molar-refractivity contribution in [3.8, 4) is 0 Å². The molecule has 0 aliphatic rings. The van der Waals surface area contributed by atoms with E-state index in [9.17, 15) is 17.6 Å². The van der Waals surface area contributed by atoms with Gasteiger partial charge in [-0.05, 0) is 35.9 Å². The number of thiophene rings is 1. The molecule has 0 spiro atoms. The van der Waals surface area contributed by atoms with Crippen molar-refractivity contribution in [2.24, 2.45) is 5.73 Å². The average Bonchev–Trinajstić information content (AvgIpc) is 2.73. The normalized spacial score (nSPS) is 13.5. The van der Waals surface area contributed by atoms with Gasteiger partial charge in [-0.2, -0.15) is 13.2 Å². The van der Waals surface area contributed by atoms with Crippen LogP contribution < -0.4 is 5.73 Å². The monoisotopic (exact) mass is 323 g/mol. The minimum Gasteiger partial charge on any atom is -0.324 e. The van der Waals surface area contributed by atoms with E-state index in [-0.39, 0.29) is 12.0 Å². The molecular formula is C13H10ClF4NS. The highest BCUT2D eigenvalue weighted by atomic mass is 35.5. The van der Waals surface area contributed by atoms with Crippen LogP contribution in [0.25, 0.3) is 0 Å². The fraction of sp³-hybridized carbons (Fsp3) is 0.231. The maximum absolute atomic E-state index is 13.2. The molecule has 0 amide bonds. The predicted octanol–water partition coefficient (Wildman–Crippen LogP) is 4.80. The zero-order valence-corrected chi connectivity index (χ0v) is 11.6. The Balaban J connectivity index is 2.33. The van der Waals surface area contributed by atoms with Crippen molar-refractivity contribution in [2.45, 2.75) is 18.6 Å². The lowest BCUT2D eigenvalue weighted by molar-refractivity contribution is -0.138. The van der Waals surface area contributed by atoms with Crippen LogP contribution >= 0.6 is 22.9 Å². The first-order chi connectivity index (χ1) is 9.27. The topological polar surface area (TPSA) is 26.0 Å². The third kappa shape index (κ3) is 3.50. The molecule has 0 saturated heterocycles. The standard InChI is InChI=1S/C13H10ClF4NS/c14-12-4-2-8(20-12)6-11(19)9-5-7(15)1-3-10(9)13(16,17)18/h1-5,11H,6,19H2. The minimum absolute atomic E-state index is 0.171. The largest absolute Gasteiger partial charge is 0.416 e. The molecule has 1 atom stereocenters. The average molecular weight is 324 g/mol. The molecule has 0 aliphatic heterocycles. The van der Waals surface area contributed by atoms with Gasteiger partial charge in [0.1, 0.15) is 5.82 Å². The molecule has 1 heterocycles. The Bertz CT molecular complexity index is 609. The summed E-state index contributed by atoms with van der Waals surface area (Å²) in [5, 5.41) is 0. The molecule has 0 radical (unpaired) electrons. The quantitative estimate of drug-likeness (QED) is 0.807. The highest BCUT2D eigenvalue weighted by molar-refractivity contribution is 7.16. The molecule has 2 aromatic rings. The molecular weight excluding hydrogens is 314 g/mol. The first-order valence-corrected chi connectivity index (χ1v) is 6.83. The van der Waals surface area contributed by atoms with Gasteiger partial charge < -0.3 is 5.73 Å². The lowest BCUT2D eigenvalue weighted by Gasteiger charge is -2.18. The molecule has 1 aromatic heterocycles. The number of hydrogen-bond donors (Lipinski definition) is 1. The van der Waals surface area contributed by atoms with E-state index in [0.717, 1.165) is 17.0 Å². The van der Waals surface area contributed by atoms with E-state index in [1.54, 1.807) is 12.1 Å². The number of halogens is 5.